The summed E-state index contributed by atoms with van der Waals surface area (Å²) in [5.74, 6) is 0.134. The average molecular weight is 610 g/mol. The Bertz CT molecular complexity index is 1400. The predicted molar refractivity (Wildman–Crippen MR) is 136 cm³/mol. The summed E-state index contributed by atoms with van der Waals surface area (Å²) in [4.78, 5) is 23.4. The number of halogens is 4. The molecule has 1 saturated heterocycles. The number of anilines is 2. The number of fused-ring (bicyclic) bond motifs is 1. The van der Waals surface area contributed by atoms with E-state index < -0.39 is 46.2 Å². The highest BCUT2D eigenvalue weighted by atomic mass is 35.5. The first kappa shape index (κ1) is 29.5. The van der Waals surface area contributed by atoms with Crippen LogP contribution in [0.25, 0.3) is 0 Å². The van der Waals surface area contributed by atoms with Crippen molar-refractivity contribution in [2.24, 2.45) is 0 Å². The number of urea groups is 1. The molecule has 40 heavy (non-hydrogen) atoms. The first-order valence-electron chi connectivity index (χ1n) is 12.1. The van der Waals surface area contributed by atoms with Gasteiger partial charge in [-0.25, -0.2) is 23.4 Å². The van der Waals surface area contributed by atoms with Crippen LogP contribution in [0.4, 0.5) is 34.1 Å². The molecule has 1 fully saturated rings. The van der Waals surface area contributed by atoms with Gasteiger partial charge in [0.2, 0.25) is 5.60 Å². The van der Waals surface area contributed by atoms with E-state index in [1.807, 2.05) is 0 Å². The number of nitrogens with zero attached hydrogens (tertiary/aromatic N) is 3. The minimum absolute atomic E-state index is 0.0124. The number of hydrazine groups is 1. The number of carbonyl (C=O) groups excluding carboxylic acids is 2. The maximum absolute atomic E-state index is 13.8. The van der Waals surface area contributed by atoms with Gasteiger partial charge in [0.1, 0.15) is 16.7 Å². The van der Waals surface area contributed by atoms with Gasteiger partial charge < -0.3 is 14.8 Å². The summed E-state index contributed by atoms with van der Waals surface area (Å²) >= 11 is 6.16. The molecule has 1 aromatic heterocycles. The van der Waals surface area contributed by atoms with Crippen LogP contribution in [0.2, 0.25) is 5.15 Å². The Kier molecular flexibility index (Phi) is 8.01. The monoisotopic (exact) mass is 609 g/mol. The molecule has 220 valence electrons. The molecule has 0 spiro atoms. The second kappa shape index (κ2) is 10.9. The molecule has 2 aromatic rings. The third-order valence-corrected chi connectivity index (χ3v) is 8.36. The first-order valence-corrected chi connectivity index (χ1v) is 13.9. The Morgan fingerprint density at radius 1 is 1.30 bits per heavy atom. The van der Waals surface area contributed by atoms with Crippen LogP contribution in [0.15, 0.2) is 29.3 Å². The van der Waals surface area contributed by atoms with Crippen LogP contribution in [-0.4, -0.2) is 60.9 Å². The molecule has 2 aliphatic rings. The number of rotatable bonds is 8. The van der Waals surface area contributed by atoms with Crippen molar-refractivity contribution in [1.82, 2.24) is 25.9 Å². The van der Waals surface area contributed by atoms with Crippen LogP contribution in [0, 0.1) is 0 Å². The molecule has 0 aliphatic carbocycles. The maximum Gasteiger partial charge on any atom is 0.427 e. The number of hydrogen-bond acceptors (Lipinski definition) is 8. The molecule has 13 nitrogen and oxygen atoms in total. The van der Waals surface area contributed by atoms with E-state index in [1.54, 1.807) is 6.92 Å². The van der Waals surface area contributed by atoms with Gasteiger partial charge in [0.05, 0.1) is 18.4 Å². The van der Waals surface area contributed by atoms with Gasteiger partial charge in [-0.2, -0.15) is 18.3 Å². The summed E-state index contributed by atoms with van der Waals surface area (Å²) < 4.78 is 79.9. The lowest BCUT2D eigenvalue weighted by atomic mass is 10.1. The summed E-state index contributed by atoms with van der Waals surface area (Å²) in [6, 6.07) is 3.55. The number of amides is 3. The zero-order chi connectivity index (χ0) is 29.5. The average Bonchev–Trinajstić information content (AvgIpc) is 3.46. The number of benzene rings is 1. The fraction of sp³-hybridized carbons (Fsp3) is 0.500. The highest BCUT2D eigenvalue weighted by molar-refractivity contribution is 7.93. The summed E-state index contributed by atoms with van der Waals surface area (Å²) in [7, 11) is -4.32. The summed E-state index contributed by atoms with van der Waals surface area (Å²) in [6.07, 6.45) is -5.27. The van der Waals surface area contributed by atoms with Crippen LogP contribution < -0.4 is 30.5 Å². The molecule has 0 saturated carbocycles. The molecular formula is C22H27ClF3N7O6S. The van der Waals surface area contributed by atoms with Gasteiger partial charge in [0, 0.05) is 18.4 Å². The fourth-order valence-electron chi connectivity index (χ4n) is 3.91. The van der Waals surface area contributed by atoms with E-state index in [2.05, 4.69) is 31.3 Å². The van der Waals surface area contributed by atoms with E-state index in [0.717, 1.165) is 4.31 Å². The van der Waals surface area contributed by atoms with Crippen molar-refractivity contribution >= 4 is 45.1 Å². The number of ether oxygens (including phenoxy) is 2. The molecular weight excluding hydrogens is 583 g/mol. The molecule has 18 heteroatoms. The maximum atomic E-state index is 13.8. The second-order valence-electron chi connectivity index (χ2n) is 9.49. The summed E-state index contributed by atoms with van der Waals surface area (Å²) in [6.45, 7) is 3.33. The van der Waals surface area contributed by atoms with Crippen molar-refractivity contribution in [1.29, 1.82) is 0 Å². The van der Waals surface area contributed by atoms with Crippen LogP contribution in [0.5, 0.6) is 5.75 Å². The largest absolute Gasteiger partial charge is 0.486 e. The number of nitrogens with one attached hydrogen (secondary N) is 4. The normalized spacial score (nSPS) is 19.4. The minimum Gasteiger partial charge on any atom is -0.486 e. The van der Waals surface area contributed by atoms with E-state index in [0.29, 0.717) is 33.2 Å². The summed E-state index contributed by atoms with van der Waals surface area (Å²) in [5.41, 5.74) is 2.36. The van der Waals surface area contributed by atoms with Gasteiger partial charge in [-0.05, 0) is 51.8 Å². The van der Waals surface area contributed by atoms with E-state index in [4.69, 9.17) is 16.3 Å². The molecule has 1 unspecified atom stereocenters. The van der Waals surface area contributed by atoms with Crippen molar-refractivity contribution in [3.8, 4) is 5.75 Å². The van der Waals surface area contributed by atoms with Crippen molar-refractivity contribution in [2.45, 2.75) is 69.1 Å². The van der Waals surface area contributed by atoms with Crippen molar-refractivity contribution in [2.75, 3.05) is 16.2 Å². The Morgan fingerprint density at radius 2 is 2.02 bits per heavy atom. The Morgan fingerprint density at radius 3 is 2.62 bits per heavy atom. The van der Waals surface area contributed by atoms with Crippen molar-refractivity contribution in [3.05, 3.63) is 29.5 Å². The molecule has 2 aliphatic heterocycles. The second-order valence-corrected chi connectivity index (χ2v) is 11.7. The third-order valence-electron chi connectivity index (χ3n) is 6.19. The first-order chi connectivity index (χ1) is 18.6. The SMILES string of the molecule is CCn1cc(S(=O)(=O)N2C[C@H](CCC3NNC(=O)N3)Oc3ccc(NC(=O)OC(C)(C)C(F)(F)F)cc32)c(Cl)n1. The minimum atomic E-state index is -4.82. The van der Waals surface area contributed by atoms with Gasteiger partial charge in [-0.15, -0.1) is 0 Å². The van der Waals surface area contributed by atoms with Crippen molar-refractivity contribution < 1.29 is 40.7 Å². The molecule has 3 heterocycles. The number of alkyl halides is 3. The number of hydrogen-bond donors (Lipinski definition) is 4. The highest BCUT2D eigenvalue weighted by Gasteiger charge is 2.51. The third kappa shape index (κ3) is 6.15. The summed E-state index contributed by atoms with van der Waals surface area (Å²) in [5, 5.41) is 8.59. The van der Waals surface area contributed by atoms with E-state index in [1.165, 1.54) is 29.1 Å². The predicted octanol–water partition coefficient (Wildman–Crippen LogP) is 3.33. The quantitative estimate of drug-likeness (QED) is 0.355. The topological polar surface area (TPSA) is 156 Å². The van der Waals surface area contributed by atoms with Crippen molar-refractivity contribution in [3.63, 3.8) is 0 Å². The standard InChI is InChI=1S/C22H27ClF3N7O6S/c1-4-32-11-16(18(23)31-32)40(36,37)33-10-13(6-8-17-28-19(34)30-29-17)38-15-7-5-12(9-14(15)33)27-20(35)39-21(2,3)22(24,25)26/h5,7,9,11,13,17,29H,4,6,8,10H2,1-3H3,(H,27,35)(H2,28,30,34)/t13-,17?/m0/s1. The molecule has 4 rings (SSSR count). The number of aromatic nitrogens is 2. The van der Waals surface area contributed by atoms with Gasteiger partial charge in [-0.1, -0.05) is 11.6 Å². The fourth-order valence-corrected chi connectivity index (χ4v) is 5.86. The zero-order valence-corrected chi connectivity index (χ0v) is 23.1. The van der Waals surface area contributed by atoms with Gasteiger partial charge >= 0.3 is 18.3 Å². The highest BCUT2D eigenvalue weighted by Crippen LogP contribution is 2.41. The van der Waals surface area contributed by atoms with E-state index in [9.17, 15) is 31.2 Å². The molecule has 3 amide bonds. The Labute approximate surface area is 232 Å². The van der Waals surface area contributed by atoms with Gasteiger partial charge in [-0.3, -0.25) is 19.7 Å². The molecule has 0 bridgehead atoms. The lowest BCUT2D eigenvalue weighted by molar-refractivity contribution is -0.242. The Hall–Kier alpha value is -3.44. The molecule has 0 radical (unpaired) electrons. The van der Waals surface area contributed by atoms with Gasteiger partial charge in [0.15, 0.2) is 5.15 Å². The Balaban J connectivity index is 1.63. The van der Waals surface area contributed by atoms with Crippen LogP contribution in [-0.2, 0) is 21.3 Å². The van der Waals surface area contributed by atoms with Crippen LogP contribution in [0.1, 0.15) is 33.6 Å². The van der Waals surface area contributed by atoms with Crippen LogP contribution >= 0.6 is 11.6 Å². The number of sulfonamides is 1. The molecule has 1 aromatic carbocycles. The lowest BCUT2D eigenvalue weighted by Gasteiger charge is -2.36. The zero-order valence-electron chi connectivity index (χ0n) is 21.5. The molecule has 4 N–H and O–H groups in total. The number of carbonyl (C=O) groups is 2. The lowest BCUT2D eigenvalue weighted by Crippen LogP contribution is -2.45. The molecule has 2 atom stereocenters. The van der Waals surface area contributed by atoms with Crippen LogP contribution in [0.3, 0.4) is 0 Å². The van der Waals surface area contributed by atoms with E-state index in [-0.39, 0.29) is 33.7 Å². The van der Waals surface area contributed by atoms with Gasteiger partial charge in [0.25, 0.3) is 10.0 Å². The van der Waals surface area contributed by atoms with E-state index >= 15 is 0 Å². The number of aryl methyl sites for hydroxylation is 1. The smallest absolute Gasteiger partial charge is 0.427 e.